The summed E-state index contributed by atoms with van der Waals surface area (Å²) in [6, 6.07) is 17.1. The van der Waals surface area contributed by atoms with Crippen LogP contribution in [-0.2, 0) is 29.2 Å². The van der Waals surface area contributed by atoms with Gasteiger partial charge in [-0.05, 0) is 16.7 Å². The Morgan fingerprint density at radius 3 is 2.35 bits per heavy atom. The highest BCUT2D eigenvalue weighted by atomic mass is 16.2. The van der Waals surface area contributed by atoms with Gasteiger partial charge >= 0.3 is 11.8 Å². The number of amides is 2. The fourth-order valence-electron chi connectivity index (χ4n) is 2.23. The van der Waals surface area contributed by atoms with Gasteiger partial charge in [0.15, 0.2) is 0 Å². The van der Waals surface area contributed by atoms with Gasteiger partial charge in [0.05, 0.1) is 0 Å². The maximum atomic E-state index is 12.1. The van der Waals surface area contributed by atoms with Crippen molar-refractivity contribution in [3.8, 4) is 0 Å². The molecule has 23 heavy (non-hydrogen) atoms. The van der Waals surface area contributed by atoms with Gasteiger partial charge in [-0.2, -0.15) is 0 Å². The molecule has 0 aliphatic heterocycles. The Kier molecular flexibility index (Phi) is 5.88. The van der Waals surface area contributed by atoms with E-state index in [0.29, 0.717) is 19.6 Å². The van der Waals surface area contributed by atoms with E-state index in [2.05, 4.69) is 5.32 Å². The quantitative estimate of drug-likeness (QED) is 0.820. The van der Waals surface area contributed by atoms with Crippen LogP contribution in [0.2, 0.25) is 0 Å². The van der Waals surface area contributed by atoms with Gasteiger partial charge in [-0.3, -0.25) is 9.59 Å². The second kappa shape index (κ2) is 8.10. The van der Waals surface area contributed by atoms with E-state index in [4.69, 9.17) is 5.73 Å². The number of nitrogens with zero attached hydrogens (tertiary/aromatic N) is 1. The van der Waals surface area contributed by atoms with E-state index in [1.54, 1.807) is 7.05 Å². The van der Waals surface area contributed by atoms with E-state index in [-0.39, 0.29) is 0 Å². The second-order valence-corrected chi connectivity index (χ2v) is 5.35. The summed E-state index contributed by atoms with van der Waals surface area (Å²) in [5, 5.41) is 2.65. The molecule has 0 spiro atoms. The summed E-state index contributed by atoms with van der Waals surface area (Å²) in [7, 11) is 1.62. The molecular weight excluding hydrogens is 290 g/mol. The molecule has 2 aromatic carbocycles. The van der Waals surface area contributed by atoms with E-state index in [1.807, 2.05) is 54.6 Å². The molecule has 0 aliphatic carbocycles. The Balaban J connectivity index is 1.88. The summed E-state index contributed by atoms with van der Waals surface area (Å²) < 4.78 is 0. The number of hydrogen-bond acceptors (Lipinski definition) is 3. The molecule has 0 atom stereocenters. The van der Waals surface area contributed by atoms with Crippen molar-refractivity contribution < 1.29 is 9.59 Å². The number of nitrogens with two attached hydrogens (primary N) is 1. The number of carbonyl (C=O) groups excluding carboxylic acids is 2. The van der Waals surface area contributed by atoms with Crippen molar-refractivity contribution >= 4 is 11.8 Å². The maximum absolute atomic E-state index is 12.1. The van der Waals surface area contributed by atoms with Crippen LogP contribution < -0.4 is 11.1 Å². The van der Waals surface area contributed by atoms with E-state index in [0.717, 1.165) is 16.7 Å². The lowest BCUT2D eigenvalue weighted by Gasteiger charge is -2.16. The van der Waals surface area contributed by atoms with Crippen LogP contribution in [0.4, 0.5) is 0 Å². The zero-order valence-corrected chi connectivity index (χ0v) is 13.2. The van der Waals surface area contributed by atoms with Crippen molar-refractivity contribution in [2.45, 2.75) is 19.6 Å². The average Bonchev–Trinajstić information content (AvgIpc) is 2.60. The molecule has 0 radical (unpaired) electrons. The fraction of sp³-hybridized carbons (Fsp3) is 0.222. The van der Waals surface area contributed by atoms with Crippen LogP contribution in [0.5, 0.6) is 0 Å². The topological polar surface area (TPSA) is 75.4 Å². The van der Waals surface area contributed by atoms with Gasteiger partial charge in [0, 0.05) is 26.7 Å². The third-order valence-electron chi connectivity index (χ3n) is 3.48. The molecule has 120 valence electrons. The summed E-state index contributed by atoms with van der Waals surface area (Å²) in [6.07, 6.45) is 0. The van der Waals surface area contributed by atoms with E-state index < -0.39 is 11.8 Å². The molecule has 3 N–H and O–H groups in total. The first-order valence-corrected chi connectivity index (χ1v) is 7.45. The summed E-state index contributed by atoms with van der Waals surface area (Å²) in [5.41, 5.74) is 8.47. The van der Waals surface area contributed by atoms with Crippen molar-refractivity contribution in [2.24, 2.45) is 5.73 Å². The highest BCUT2D eigenvalue weighted by Crippen LogP contribution is 2.05. The van der Waals surface area contributed by atoms with Gasteiger partial charge in [0.2, 0.25) is 0 Å². The largest absolute Gasteiger partial charge is 0.344 e. The van der Waals surface area contributed by atoms with Crippen molar-refractivity contribution in [1.29, 1.82) is 0 Å². The van der Waals surface area contributed by atoms with Crippen LogP contribution in [0, 0.1) is 0 Å². The van der Waals surface area contributed by atoms with Crippen LogP contribution in [0.1, 0.15) is 16.7 Å². The molecule has 5 nitrogen and oxygen atoms in total. The molecule has 2 aromatic rings. The SMILES string of the molecule is CN(Cc1ccccc1)C(=O)C(=O)NCc1cccc(CN)c1. The minimum Gasteiger partial charge on any atom is -0.344 e. The smallest absolute Gasteiger partial charge is 0.311 e. The Labute approximate surface area is 136 Å². The highest BCUT2D eigenvalue weighted by Gasteiger charge is 2.18. The van der Waals surface area contributed by atoms with Crippen LogP contribution >= 0.6 is 0 Å². The number of carbonyl (C=O) groups is 2. The molecule has 0 bridgehead atoms. The monoisotopic (exact) mass is 311 g/mol. The molecular formula is C18H21N3O2. The van der Waals surface area contributed by atoms with E-state index in [9.17, 15) is 9.59 Å². The molecule has 0 aromatic heterocycles. The Hall–Kier alpha value is -2.66. The molecule has 0 saturated heterocycles. The molecule has 0 fully saturated rings. The lowest BCUT2D eigenvalue weighted by Crippen LogP contribution is -2.40. The summed E-state index contributed by atoms with van der Waals surface area (Å²) in [5.74, 6) is -1.16. The average molecular weight is 311 g/mol. The second-order valence-electron chi connectivity index (χ2n) is 5.35. The van der Waals surface area contributed by atoms with Crippen molar-refractivity contribution in [2.75, 3.05) is 7.05 Å². The van der Waals surface area contributed by atoms with Gasteiger partial charge in [-0.25, -0.2) is 0 Å². The molecule has 0 saturated carbocycles. The van der Waals surface area contributed by atoms with E-state index in [1.165, 1.54) is 4.90 Å². The molecule has 2 amide bonds. The van der Waals surface area contributed by atoms with Crippen LogP contribution in [0.25, 0.3) is 0 Å². The third-order valence-corrected chi connectivity index (χ3v) is 3.48. The zero-order chi connectivity index (χ0) is 16.7. The summed E-state index contributed by atoms with van der Waals surface area (Å²) in [4.78, 5) is 25.5. The molecule has 0 unspecified atom stereocenters. The summed E-state index contributed by atoms with van der Waals surface area (Å²) in [6.45, 7) is 1.15. The first-order valence-electron chi connectivity index (χ1n) is 7.45. The van der Waals surface area contributed by atoms with Crippen molar-refractivity contribution in [3.05, 3.63) is 71.3 Å². The fourth-order valence-corrected chi connectivity index (χ4v) is 2.23. The van der Waals surface area contributed by atoms with Gasteiger partial charge in [0.1, 0.15) is 0 Å². The molecule has 0 aliphatic rings. The highest BCUT2D eigenvalue weighted by molar-refractivity contribution is 6.34. The van der Waals surface area contributed by atoms with Crippen LogP contribution in [0.3, 0.4) is 0 Å². The Bertz CT molecular complexity index is 671. The minimum absolute atomic E-state index is 0.303. The maximum Gasteiger partial charge on any atom is 0.311 e. The predicted octanol–water partition coefficient (Wildman–Crippen LogP) is 1.42. The van der Waals surface area contributed by atoms with Gasteiger partial charge in [-0.1, -0.05) is 54.6 Å². The number of benzene rings is 2. The molecule has 5 heteroatoms. The van der Waals surface area contributed by atoms with Crippen LogP contribution in [-0.4, -0.2) is 23.8 Å². The third kappa shape index (κ3) is 4.93. The molecule has 0 heterocycles. The Morgan fingerprint density at radius 1 is 1.00 bits per heavy atom. The molecule has 2 rings (SSSR count). The zero-order valence-electron chi connectivity index (χ0n) is 13.2. The van der Waals surface area contributed by atoms with Crippen molar-refractivity contribution in [3.63, 3.8) is 0 Å². The standard InChI is InChI=1S/C18H21N3O2/c1-21(13-14-6-3-2-4-7-14)18(23)17(22)20-12-16-9-5-8-15(10-16)11-19/h2-10H,11-13,19H2,1H3,(H,20,22). The summed E-state index contributed by atoms with van der Waals surface area (Å²) >= 11 is 0. The lowest BCUT2D eigenvalue weighted by atomic mass is 10.1. The van der Waals surface area contributed by atoms with E-state index >= 15 is 0 Å². The first-order chi connectivity index (χ1) is 11.1. The normalized spacial score (nSPS) is 10.2. The number of nitrogens with one attached hydrogen (secondary N) is 1. The first kappa shape index (κ1) is 16.7. The minimum atomic E-state index is -0.610. The lowest BCUT2D eigenvalue weighted by molar-refractivity contribution is -0.145. The number of rotatable bonds is 5. The number of likely N-dealkylation sites (N-methyl/N-ethyl adjacent to an activating group) is 1. The Morgan fingerprint density at radius 2 is 1.65 bits per heavy atom. The number of hydrogen-bond donors (Lipinski definition) is 2. The van der Waals surface area contributed by atoms with Gasteiger partial charge < -0.3 is 16.0 Å². The van der Waals surface area contributed by atoms with Crippen LogP contribution in [0.15, 0.2) is 54.6 Å². The predicted molar refractivity (Wildman–Crippen MR) is 89.1 cm³/mol. The van der Waals surface area contributed by atoms with Crippen molar-refractivity contribution in [1.82, 2.24) is 10.2 Å². The van der Waals surface area contributed by atoms with Gasteiger partial charge in [0.25, 0.3) is 0 Å². The van der Waals surface area contributed by atoms with Gasteiger partial charge in [-0.15, -0.1) is 0 Å².